The lowest BCUT2D eigenvalue weighted by Gasteiger charge is -2.27. The highest BCUT2D eigenvalue weighted by Gasteiger charge is 2.50. The topological polar surface area (TPSA) is 69.6 Å². The fraction of sp³-hybridized carbons (Fsp3) is 0.364. The molecule has 92 valence electrons. The van der Waals surface area contributed by atoms with Gasteiger partial charge in [-0.05, 0) is 12.1 Å². The molecule has 1 amide bonds. The molecule has 17 heavy (non-hydrogen) atoms. The lowest BCUT2D eigenvalue weighted by molar-refractivity contribution is -0.141. The van der Waals surface area contributed by atoms with Gasteiger partial charge < -0.3 is 15.5 Å². The highest BCUT2D eigenvalue weighted by atomic mass is 79.9. The van der Waals surface area contributed by atoms with E-state index in [1.165, 1.54) is 0 Å². The van der Waals surface area contributed by atoms with Gasteiger partial charge in [0.2, 0.25) is 0 Å². The third-order valence-corrected chi connectivity index (χ3v) is 4.10. The molecule has 6 heteroatoms. The molecular formula is C11H11Br2NO3. The van der Waals surface area contributed by atoms with Gasteiger partial charge in [-0.1, -0.05) is 38.8 Å². The van der Waals surface area contributed by atoms with Gasteiger partial charge in [-0.25, -0.2) is 0 Å². The summed E-state index contributed by atoms with van der Waals surface area (Å²) < 4.78 is 1.42. The molecule has 2 atom stereocenters. The number of benzene rings is 1. The molecule has 0 unspecified atom stereocenters. The molecule has 1 aromatic rings. The number of amides is 1. The van der Waals surface area contributed by atoms with Gasteiger partial charge in [-0.15, -0.1) is 0 Å². The van der Waals surface area contributed by atoms with E-state index in [4.69, 9.17) is 0 Å². The van der Waals surface area contributed by atoms with Crippen molar-refractivity contribution in [2.24, 2.45) is 5.92 Å². The molecule has 1 aromatic carbocycles. The molecule has 1 heterocycles. The smallest absolute Gasteiger partial charge is 0.261 e. The summed E-state index contributed by atoms with van der Waals surface area (Å²) in [7, 11) is 0. The molecule has 0 aliphatic carbocycles. The number of rotatable bonds is 2. The summed E-state index contributed by atoms with van der Waals surface area (Å²) in [5, 5.41) is 22.3. The van der Waals surface area contributed by atoms with E-state index < -0.39 is 17.4 Å². The molecule has 0 fully saturated rings. The van der Waals surface area contributed by atoms with E-state index in [9.17, 15) is 15.0 Å². The molecule has 0 saturated carbocycles. The van der Waals surface area contributed by atoms with Crippen LogP contribution in [-0.4, -0.2) is 22.7 Å². The number of hydrogen-bond acceptors (Lipinski definition) is 3. The third-order valence-electron chi connectivity index (χ3n) is 3.02. The monoisotopic (exact) mass is 363 g/mol. The van der Waals surface area contributed by atoms with E-state index in [-0.39, 0.29) is 6.61 Å². The van der Waals surface area contributed by atoms with Crippen molar-refractivity contribution < 1.29 is 15.0 Å². The third kappa shape index (κ3) is 1.83. The second-order valence-electron chi connectivity index (χ2n) is 4.11. The van der Waals surface area contributed by atoms with Crippen molar-refractivity contribution in [2.75, 3.05) is 11.9 Å². The number of hydrogen-bond donors (Lipinski definition) is 3. The first kappa shape index (κ1) is 13.0. The van der Waals surface area contributed by atoms with Crippen LogP contribution in [0, 0.1) is 5.92 Å². The molecule has 0 radical (unpaired) electrons. The van der Waals surface area contributed by atoms with Crippen LogP contribution in [0.5, 0.6) is 0 Å². The first-order chi connectivity index (χ1) is 7.91. The summed E-state index contributed by atoms with van der Waals surface area (Å²) in [6, 6.07) is 3.48. The molecule has 3 N–H and O–H groups in total. The largest absolute Gasteiger partial charge is 0.396 e. The summed E-state index contributed by atoms with van der Waals surface area (Å²) in [6.07, 6.45) is 0. The van der Waals surface area contributed by atoms with Gasteiger partial charge in [-0.2, -0.15) is 0 Å². The number of halogens is 2. The number of anilines is 1. The van der Waals surface area contributed by atoms with Crippen molar-refractivity contribution in [1.29, 1.82) is 0 Å². The van der Waals surface area contributed by atoms with Gasteiger partial charge in [-0.3, -0.25) is 4.79 Å². The Balaban J connectivity index is 2.65. The van der Waals surface area contributed by atoms with Crippen LogP contribution < -0.4 is 5.32 Å². The Morgan fingerprint density at radius 1 is 1.47 bits per heavy atom. The van der Waals surface area contributed by atoms with Gasteiger partial charge in [0.15, 0.2) is 5.60 Å². The zero-order valence-electron chi connectivity index (χ0n) is 9.00. The standard InChI is InChI=1S/C11H11Br2NO3/c1-5(4-15)11(17)9-7(13)2-6(12)3-8(9)14-10(11)16/h2-3,5,15,17H,4H2,1H3,(H,14,16)/t5-,11-/m1/s1. The van der Waals surface area contributed by atoms with Crippen molar-refractivity contribution in [2.45, 2.75) is 12.5 Å². The van der Waals surface area contributed by atoms with Crippen LogP contribution in [0.1, 0.15) is 12.5 Å². The van der Waals surface area contributed by atoms with Crippen molar-refractivity contribution in [3.63, 3.8) is 0 Å². The first-order valence-electron chi connectivity index (χ1n) is 5.05. The van der Waals surface area contributed by atoms with Crippen LogP contribution in [0.3, 0.4) is 0 Å². The molecule has 1 aliphatic rings. The molecule has 0 bridgehead atoms. The van der Waals surface area contributed by atoms with Crippen molar-refractivity contribution >= 4 is 43.5 Å². The molecule has 0 spiro atoms. The van der Waals surface area contributed by atoms with Crippen LogP contribution >= 0.6 is 31.9 Å². The number of nitrogens with one attached hydrogen (secondary N) is 1. The van der Waals surface area contributed by atoms with E-state index in [0.29, 0.717) is 15.7 Å². The molecule has 4 nitrogen and oxygen atoms in total. The van der Waals surface area contributed by atoms with Crippen LogP contribution in [-0.2, 0) is 10.4 Å². The molecule has 2 rings (SSSR count). The molecule has 0 aromatic heterocycles. The Morgan fingerprint density at radius 2 is 2.12 bits per heavy atom. The summed E-state index contributed by atoms with van der Waals surface area (Å²) in [4.78, 5) is 11.9. The molecule has 1 aliphatic heterocycles. The number of carbonyl (C=O) groups excluding carboxylic acids is 1. The normalized spacial score (nSPS) is 24.4. The highest BCUT2D eigenvalue weighted by molar-refractivity contribution is 9.11. The van der Waals surface area contributed by atoms with Crippen molar-refractivity contribution in [1.82, 2.24) is 0 Å². The summed E-state index contributed by atoms with van der Waals surface area (Å²) >= 11 is 6.65. The quantitative estimate of drug-likeness (QED) is 0.751. The van der Waals surface area contributed by atoms with Crippen LogP contribution in [0.2, 0.25) is 0 Å². The predicted molar refractivity (Wildman–Crippen MR) is 70.6 cm³/mol. The van der Waals surface area contributed by atoms with E-state index >= 15 is 0 Å². The Kier molecular flexibility index (Phi) is 3.33. The average Bonchev–Trinajstić information content (AvgIpc) is 2.50. The number of aliphatic hydroxyl groups is 2. The maximum Gasteiger partial charge on any atom is 0.261 e. The highest BCUT2D eigenvalue weighted by Crippen LogP contribution is 2.46. The zero-order valence-corrected chi connectivity index (χ0v) is 12.2. The first-order valence-corrected chi connectivity index (χ1v) is 6.64. The summed E-state index contributed by atoms with van der Waals surface area (Å²) in [5.41, 5.74) is -0.657. The minimum absolute atomic E-state index is 0.272. The van der Waals surface area contributed by atoms with Crippen LogP contribution in [0.15, 0.2) is 21.1 Å². The maximum atomic E-state index is 11.9. The lowest BCUT2D eigenvalue weighted by Crippen LogP contribution is -2.42. The molecule has 0 saturated heterocycles. The van der Waals surface area contributed by atoms with Gasteiger partial charge in [0.25, 0.3) is 5.91 Å². The van der Waals surface area contributed by atoms with E-state index in [0.717, 1.165) is 4.47 Å². The maximum absolute atomic E-state index is 11.9. The SMILES string of the molecule is C[C@H](CO)[C@]1(O)C(=O)Nc2cc(Br)cc(Br)c21. The number of carbonyl (C=O) groups is 1. The average molecular weight is 365 g/mol. The second kappa shape index (κ2) is 4.35. The van der Waals surface area contributed by atoms with Crippen LogP contribution in [0.25, 0.3) is 0 Å². The van der Waals surface area contributed by atoms with Crippen molar-refractivity contribution in [3.05, 3.63) is 26.6 Å². The number of aliphatic hydroxyl groups excluding tert-OH is 1. The summed E-state index contributed by atoms with van der Waals surface area (Å²) in [6.45, 7) is 1.36. The minimum Gasteiger partial charge on any atom is -0.396 e. The minimum atomic E-state index is -1.69. The number of fused-ring (bicyclic) bond motifs is 1. The second-order valence-corrected chi connectivity index (χ2v) is 5.88. The fourth-order valence-corrected chi connectivity index (χ4v) is 3.52. The molecular weight excluding hydrogens is 354 g/mol. The fourth-order valence-electron chi connectivity index (χ4n) is 1.99. The Morgan fingerprint density at radius 3 is 2.71 bits per heavy atom. The van der Waals surface area contributed by atoms with Crippen LogP contribution in [0.4, 0.5) is 5.69 Å². The van der Waals surface area contributed by atoms with Gasteiger partial charge >= 0.3 is 0 Å². The zero-order chi connectivity index (χ0) is 12.8. The summed E-state index contributed by atoms with van der Waals surface area (Å²) in [5.74, 6) is -1.09. The van der Waals surface area contributed by atoms with Gasteiger partial charge in [0.1, 0.15) is 0 Å². The Bertz CT molecular complexity index is 492. The Labute approximate surface area is 115 Å². The van der Waals surface area contributed by atoms with Crippen molar-refractivity contribution in [3.8, 4) is 0 Å². The van der Waals surface area contributed by atoms with E-state index in [1.807, 2.05) is 0 Å². The predicted octanol–water partition coefficient (Wildman–Crippen LogP) is 1.98. The Hall–Kier alpha value is -0.430. The van der Waals surface area contributed by atoms with Gasteiger partial charge in [0, 0.05) is 32.7 Å². The van der Waals surface area contributed by atoms with E-state index in [2.05, 4.69) is 37.2 Å². The van der Waals surface area contributed by atoms with E-state index in [1.54, 1.807) is 19.1 Å². The van der Waals surface area contributed by atoms with Gasteiger partial charge in [0.05, 0.1) is 0 Å². The lowest BCUT2D eigenvalue weighted by atomic mass is 9.84.